The van der Waals surface area contributed by atoms with Crippen LogP contribution < -0.4 is 5.32 Å². The molecule has 1 aromatic carbocycles. The van der Waals surface area contributed by atoms with Gasteiger partial charge in [-0.3, -0.25) is 0 Å². The Hall–Kier alpha value is -1.10. The highest BCUT2D eigenvalue weighted by Crippen LogP contribution is 2.12. The lowest BCUT2D eigenvalue weighted by Crippen LogP contribution is -2.02. The molecule has 0 saturated carbocycles. The van der Waals surface area contributed by atoms with Crippen molar-refractivity contribution in [2.75, 3.05) is 5.32 Å². The number of anilines is 1. The van der Waals surface area contributed by atoms with E-state index in [0.717, 1.165) is 12.4 Å². The molecular formula is C12H11IN2. The minimum atomic E-state index is 0.816. The van der Waals surface area contributed by atoms with Crippen LogP contribution in [0, 0.1) is 3.57 Å². The summed E-state index contributed by atoms with van der Waals surface area (Å²) in [4.78, 5) is 4.21. The minimum Gasteiger partial charge on any atom is -0.366 e. The molecule has 0 saturated heterocycles. The fourth-order valence-electron chi connectivity index (χ4n) is 1.29. The number of halogens is 1. The Labute approximate surface area is 103 Å². The van der Waals surface area contributed by atoms with Crippen LogP contribution in [0.1, 0.15) is 5.56 Å². The fraction of sp³-hybridized carbons (Fsp3) is 0.0833. The maximum Gasteiger partial charge on any atom is 0.126 e. The molecule has 0 fully saturated rings. The molecule has 2 nitrogen and oxygen atoms in total. The van der Waals surface area contributed by atoms with Gasteiger partial charge in [-0.15, -0.1) is 0 Å². The number of hydrogen-bond acceptors (Lipinski definition) is 2. The zero-order valence-corrected chi connectivity index (χ0v) is 10.3. The molecule has 76 valence electrons. The van der Waals surface area contributed by atoms with Gasteiger partial charge in [-0.2, -0.15) is 0 Å². The van der Waals surface area contributed by atoms with Crippen molar-refractivity contribution in [2.24, 2.45) is 0 Å². The summed E-state index contributed by atoms with van der Waals surface area (Å²) in [6, 6.07) is 14.2. The number of rotatable bonds is 3. The fourth-order valence-corrected chi connectivity index (χ4v) is 1.87. The molecular weight excluding hydrogens is 299 g/mol. The highest BCUT2D eigenvalue weighted by atomic mass is 127. The van der Waals surface area contributed by atoms with E-state index >= 15 is 0 Å². The lowest BCUT2D eigenvalue weighted by atomic mass is 10.2. The van der Waals surface area contributed by atoms with Crippen LogP contribution in [0.5, 0.6) is 0 Å². The number of benzene rings is 1. The lowest BCUT2D eigenvalue weighted by molar-refractivity contribution is 1.10. The van der Waals surface area contributed by atoms with Crippen LogP contribution in [0.2, 0.25) is 0 Å². The average molecular weight is 310 g/mol. The first-order chi connectivity index (χ1) is 7.36. The number of nitrogens with one attached hydrogen (secondary N) is 1. The van der Waals surface area contributed by atoms with Gasteiger partial charge in [0.15, 0.2) is 0 Å². The van der Waals surface area contributed by atoms with E-state index in [2.05, 4.69) is 51.1 Å². The van der Waals surface area contributed by atoms with Gasteiger partial charge in [-0.1, -0.05) is 24.3 Å². The van der Waals surface area contributed by atoms with E-state index < -0.39 is 0 Å². The summed E-state index contributed by atoms with van der Waals surface area (Å²) in [5.41, 5.74) is 1.30. The number of pyridine rings is 1. The summed E-state index contributed by atoms with van der Waals surface area (Å²) < 4.78 is 1.28. The molecule has 1 aromatic heterocycles. The Bertz CT molecular complexity index is 429. The van der Waals surface area contributed by atoms with Gasteiger partial charge >= 0.3 is 0 Å². The molecule has 1 N–H and O–H groups in total. The van der Waals surface area contributed by atoms with Crippen molar-refractivity contribution in [3.05, 3.63) is 57.8 Å². The van der Waals surface area contributed by atoms with Gasteiger partial charge < -0.3 is 5.32 Å². The second kappa shape index (κ2) is 5.11. The molecule has 2 aromatic rings. The van der Waals surface area contributed by atoms with Crippen LogP contribution >= 0.6 is 22.6 Å². The van der Waals surface area contributed by atoms with Crippen molar-refractivity contribution >= 4 is 28.4 Å². The summed E-state index contributed by atoms with van der Waals surface area (Å²) in [6.45, 7) is 0.816. The summed E-state index contributed by atoms with van der Waals surface area (Å²) in [5, 5.41) is 3.29. The highest BCUT2D eigenvalue weighted by molar-refractivity contribution is 14.1. The Morgan fingerprint density at radius 1 is 1.07 bits per heavy atom. The maximum absolute atomic E-state index is 4.21. The van der Waals surface area contributed by atoms with E-state index in [1.54, 1.807) is 6.20 Å². The standard InChI is InChI=1S/C12H11IN2/c13-11-6-2-1-5-10(11)9-15-12-7-3-4-8-14-12/h1-8H,9H2,(H,14,15). The van der Waals surface area contributed by atoms with Crippen LogP contribution in [0.25, 0.3) is 0 Å². The minimum absolute atomic E-state index is 0.816. The van der Waals surface area contributed by atoms with Gasteiger partial charge in [0.25, 0.3) is 0 Å². The van der Waals surface area contributed by atoms with Crippen LogP contribution in [0.15, 0.2) is 48.7 Å². The molecule has 0 radical (unpaired) electrons. The van der Waals surface area contributed by atoms with Gasteiger partial charge in [0.2, 0.25) is 0 Å². The normalized spacial score (nSPS) is 9.93. The van der Waals surface area contributed by atoms with E-state index in [4.69, 9.17) is 0 Å². The molecule has 1 heterocycles. The zero-order chi connectivity index (χ0) is 10.5. The Morgan fingerprint density at radius 2 is 1.87 bits per heavy atom. The van der Waals surface area contributed by atoms with Crippen molar-refractivity contribution in [1.82, 2.24) is 4.98 Å². The number of aromatic nitrogens is 1. The zero-order valence-electron chi connectivity index (χ0n) is 8.15. The monoisotopic (exact) mass is 310 g/mol. The maximum atomic E-state index is 4.21. The second-order valence-electron chi connectivity index (χ2n) is 3.16. The highest BCUT2D eigenvalue weighted by Gasteiger charge is 1.97. The van der Waals surface area contributed by atoms with Crippen LogP contribution in [-0.2, 0) is 6.54 Å². The number of hydrogen-bond donors (Lipinski definition) is 1. The van der Waals surface area contributed by atoms with E-state index in [-0.39, 0.29) is 0 Å². The predicted octanol–water partition coefficient (Wildman–Crippen LogP) is 3.30. The van der Waals surface area contributed by atoms with Crippen LogP contribution in [-0.4, -0.2) is 4.98 Å². The summed E-state index contributed by atoms with van der Waals surface area (Å²) >= 11 is 2.34. The van der Waals surface area contributed by atoms with E-state index in [1.165, 1.54) is 9.13 Å². The molecule has 0 bridgehead atoms. The van der Waals surface area contributed by atoms with Gasteiger partial charge in [0.05, 0.1) is 0 Å². The van der Waals surface area contributed by atoms with Gasteiger partial charge in [0, 0.05) is 16.3 Å². The second-order valence-corrected chi connectivity index (χ2v) is 4.32. The van der Waals surface area contributed by atoms with E-state index in [0.29, 0.717) is 0 Å². The molecule has 0 amide bonds. The van der Waals surface area contributed by atoms with Crippen LogP contribution in [0.3, 0.4) is 0 Å². The van der Waals surface area contributed by atoms with E-state index in [9.17, 15) is 0 Å². The quantitative estimate of drug-likeness (QED) is 0.880. The van der Waals surface area contributed by atoms with Gasteiger partial charge in [-0.25, -0.2) is 4.98 Å². The van der Waals surface area contributed by atoms with Crippen molar-refractivity contribution in [2.45, 2.75) is 6.54 Å². The summed E-state index contributed by atoms with van der Waals surface area (Å²) in [5.74, 6) is 0.914. The SMILES string of the molecule is Ic1ccccc1CNc1ccccn1. The third kappa shape index (κ3) is 2.92. The van der Waals surface area contributed by atoms with Gasteiger partial charge in [0.1, 0.15) is 5.82 Å². The first-order valence-electron chi connectivity index (χ1n) is 4.74. The van der Waals surface area contributed by atoms with Crippen LogP contribution in [0.4, 0.5) is 5.82 Å². The van der Waals surface area contributed by atoms with E-state index in [1.807, 2.05) is 24.3 Å². The molecule has 3 heteroatoms. The molecule has 0 aliphatic carbocycles. The summed E-state index contributed by atoms with van der Waals surface area (Å²) in [6.07, 6.45) is 1.79. The number of nitrogens with zero attached hydrogens (tertiary/aromatic N) is 1. The largest absolute Gasteiger partial charge is 0.366 e. The first-order valence-corrected chi connectivity index (χ1v) is 5.82. The molecule has 0 unspecified atom stereocenters. The molecule has 0 aliphatic rings. The molecule has 0 spiro atoms. The third-order valence-corrected chi connectivity index (χ3v) is 3.14. The smallest absolute Gasteiger partial charge is 0.126 e. The topological polar surface area (TPSA) is 24.9 Å². The Morgan fingerprint density at radius 3 is 2.60 bits per heavy atom. The Kier molecular flexibility index (Phi) is 3.55. The predicted molar refractivity (Wildman–Crippen MR) is 70.7 cm³/mol. The van der Waals surface area contributed by atoms with Crippen molar-refractivity contribution < 1.29 is 0 Å². The van der Waals surface area contributed by atoms with Crippen molar-refractivity contribution in [3.8, 4) is 0 Å². The van der Waals surface area contributed by atoms with Crippen molar-refractivity contribution in [1.29, 1.82) is 0 Å². The third-order valence-electron chi connectivity index (χ3n) is 2.08. The molecule has 15 heavy (non-hydrogen) atoms. The molecule has 0 aliphatic heterocycles. The Balaban J connectivity index is 2.03. The lowest BCUT2D eigenvalue weighted by Gasteiger charge is -2.06. The average Bonchev–Trinajstić information content (AvgIpc) is 2.29. The molecule has 0 atom stereocenters. The molecule has 2 rings (SSSR count). The first kappa shape index (κ1) is 10.4. The summed E-state index contributed by atoms with van der Waals surface area (Å²) in [7, 11) is 0. The van der Waals surface area contributed by atoms with Crippen molar-refractivity contribution in [3.63, 3.8) is 0 Å². The van der Waals surface area contributed by atoms with Gasteiger partial charge in [-0.05, 0) is 46.4 Å².